The smallest absolute Gasteiger partial charge is 0.276 e. The maximum atomic E-state index is 12.4. The van der Waals surface area contributed by atoms with E-state index >= 15 is 0 Å². The quantitative estimate of drug-likeness (QED) is 0.943. The molecule has 0 spiro atoms. The van der Waals surface area contributed by atoms with Crippen LogP contribution in [-0.2, 0) is 0 Å². The highest BCUT2D eigenvalue weighted by Crippen LogP contribution is 2.26. The number of rotatable bonds is 3. The van der Waals surface area contributed by atoms with Gasteiger partial charge in [0.2, 0.25) is 0 Å². The second-order valence-corrected chi connectivity index (χ2v) is 5.83. The normalized spacial score (nSPS) is 19.2. The molecule has 0 aliphatic carbocycles. The lowest BCUT2D eigenvalue weighted by Gasteiger charge is -2.33. The van der Waals surface area contributed by atoms with Gasteiger partial charge in [0.15, 0.2) is 11.5 Å². The van der Waals surface area contributed by atoms with E-state index in [9.17, 15) is 9.90 Å². The molecule has 2 aromatic rings. The molecular formula is C14H16N2O3S. The fourth-order valence-corrected chi connectivity index (χ4v) is 3.19. The van der Waals surface area contributed by atoms with Gasteiger partial charge in [0.05, 0.1) is 17.5 Å². The Morgan fingerprint density at radius 1 is 1.55 bits per heavy atom. The van der Waals surface area contributed by atoms with E-state index in [0.29, 0.717) is 18.0 Å². The van der Waals surface area contributed by atoms with Gasteiger partial charge in [-0.05, 0) is 30.7 Å². The van der Waals surface area contributed by atoms with Crippen LogP contribution >= 0.6 is 11.3 Å². The van der Waals surface area contributed by atoms with Crippen LogP contribution in [0.1, 0.15) is 29.8 Å². The number of piperidine rings is 1. The Hall–Kier alpha value is -1.66. The molecule has 1 unspecified atom stereocenters. The van der Waals surface area contributed by atoms with Crippen molar-refractivity contribution in [3.63, 3.8) is 0 Å². The van der Waals surface area contributed by atoms with Crippen LogP contribution in [0.3, 0.4) is 0 Å². The number of carbonyl (C=O) groups excluding carboxylic acids is 1. The van der Waals surface area contributed by atoms with Gasteiger partial charge in [-0.1, -0.05) is 11.2 Å². The van der Waals surface area contributed by atoms with Gasteiger partial charge in [0.1, 0.15) is 0 Å². The van der Waals surface area contributed by atoms with Gasteiger partial charge < -0.3 is 14.5 Å². The lowest BCUT2D eigenvalue weighted by atomic mass is 10.0. The van der Waals surface area contributed by atoms with Crippen molar-refractivity contribution >= 4 is 17.2 Å². The molecule has 2 aromatic heterocycles. The number of carbonyl (C=O) groups is 1. The predicted molar refractivity (Wildman–Crippen MR) is 75.6 cm³/mol. The largest absolute Gasteiger partial charge is 0.394 e. The monoisotopic (exact) mass is 292 g/mol. The number of thiophene rings is 1. The molecule has 1 aliphatic rings. The average Bonchev–Trinajstić information content (AvgIpc) is 3.16. The number of nitrogens with zero attached hydrogens (tertiary/aromatic N) is 2. The molecule has 0 aromatic carbocycles. The molecule has 3 rings (SSSR count). The maximum Gasteiger partial charge on any atom is 0.276 e. The van der Waals surface area contributed by atoms with Crippen LogP contribution < -0.4 is 0 Å². The van der Waals surface area contributed by atoms with Crippen LogP contribution in [0, 0.1) is 0 Å². The minimum atomic E-state index is -0.157. The van der Waals surface area contributed by atoms with Gasteiger partial charge >= 0.3 is 0 Å². The Kier molecular flexibility index (Phi) is 3.84. The van der Waals surface area contributed by atoms with Crippen LogP contribution in [0.4, 0.5) is 0 Å². The van der Waals surface area contributed by atoms with E-state index in [4.69, 9.17) is 4.52 Å². The minimum absolute atomic E-state index is 0.00136. The molecule has 106 valence electrons. The van der Waals surface area contributed by atoms with E-state index in [1.54, 1.807) is 22.3 Å². The summed E-state index contributed by atoms with van der Waals surface area (Å²) in [5.41, 5.74) is 0.314. The number of aliphatic hydroxyl groups excluding tert-OH is 1. The second-order valence-electron chi connectivity index (χ2n) is 4.88. The first kappa shape index (κ1) is 13.3. The topological polar surface area (TPSA) is 66.6 Å². The summed E-state index contributed by atoms with van der Waals surface area (Å²) in [5.74, 6) is 0.455. The van der Waals surface area contributed by atoms with Crippen molar-refractivity contribution in [2.45, 2.75) is 25.3 Å². The molecule has 6 heteroatoms. The van der Waals surface area contributed by atoms with Gasteiger partial charge in [-0.2, -0.15) is 0 Å². The highest BCUT2D eigenvalue weighted by molar-refractivity contribution is 7.13. The van der Waals surface area contributed by atoms with Crippen molar-refractivity contribution in [3.8, 4) is 10.6 Å². The summed E-state index contributed by atoms with van der Waals surface area (Å²) in [6.45, 7) is 0.673. The Balaban J connectivity index is 1.80. The Morgan fingerprint density at radius 3 is 3.20 bits per heavy atom. The summed E-state index contributed by atoms with van der Waals surface area (Å²) >= 11 is 1.54. The van der Waals surface area contributed by atoms with E-state index < -0.39 is 0 Å². The number of amides is 1. The SMILES string of the molecule is O=C(c1cc(-c2cccs2)on1)N1CCCCC1CO. The predicted octanol–water partition coefficient (Wildman–Crippen LogP) is 2.39. The fourth-order valence-electron chi connectivity index (χ4n) is 2.52. The van der Waals surface area contributed by atoms with Crippen LogP contribution in [0.15, 0.2) is 28.1 Å². The molecule has 0 bridgehead atoms. The molecule has 0 radical (unpaired) electrons. The first-order chi connectivity index (χ1) is 9.79. The highest BCUT2D eigenvalue weighted by atomic mass is 32.1. The van der Waals surface area contributed by atoms with Gasteiger partial charge in [-0.25, -0.2) is 0 Å². The summed E-state index contributed by atoms with van der Waals surface area (Å²) in [5, 5.41) is 15.2. The zero-order valence-electron chi connectivity index (χ0n) is 11.0. The lowest BCUT2D eigenvalue weighted by molar-refractivity contribution is 0.0493. The van der Waals surface area contributed by atoms with Crippen molar-refractivity contribution in [2.24, 2.45) is 0 Å². The summed E-state index contributed by atoms with van der Waals surface area (Å²) in [4.78, 5) is 15.1. The fraction of sp³-hybridized carbons (Fsp3) is 0.429. The summed E-state index contributed by atoms with van der Waals surface area (Å²) < 4.78 is 5.24. The average molecular weight is 292 g/mol. The summed E-state index contributed by atoms with van der Waals surface area (Å²) in [6.07, 6.45) is 2.87. The Morgan fingerprint density at radius 2 is 2.45 bits per heavy atom. The van der Waals surface area contributed by atoms with Gasteiger partial charge in [0.25, 0.3) is 5.91 Å². The molecule has 1 N–H and O–H groups in total. The molecule has 1 fully saturated rings. The van der Waals surface area contributed by atoms with Crippen LogP contribution in [0.25, 0.3) is 10.6 Å². The molecule has 1 saturated heterocycles. The third-order valence-electron chi connectivity index (χ3n) is 3.59. The van der Waals surface area contributed by atoms with Crippen LogP contribution in [-0.4, -0.2) is 40.3 Å². The third-order valence-corrected chi connectivity index (χ3v) is 4.48. The number of hydrogen-bond acceptors (Lipinski definition) is 5. The first-order valence-corrected chi connectivity index (χ1v) is 7.60. The van der Waals surface area contributed by atoms with Gasteiger partial charge in [-0.15, -0.1) is 11.3 Å². The zero-order valence-corrected chi connectivity index (χ0v) is 11.8. The molecule has 1 aliphatic heterocycles. The molecule has 20 heavy (non-hydrogen) atoms. The van der Waals surface area contributed by atoms with Crippen LogP contribution in [0.2, 0.25) is 0 Å². The van der Waals surface area contributed by atoms with E-state index in [1.165, 1.54) is 0 Å². The molecular weight excluding hydrogens is 276 g/mol. The van der Waals surface area contributed by atoms with Gasteiger partial charge in [-0.3, -0.25) is 4.79 Å². The van der Waals surface area contributed by atoms with Crippen molar-refractivity contribution in [3.05, 3.63) is 29.3 Å². The first-order valence-electron chi connectivity index (χ1n) is 6.72. The Bertz CT molecular complexity index is 579. The van der Waals surface area contributed by atoms with E-state index in [0.717, 1.165) is 24.1 Å². The number of aromatic nitrogens is 1. The highest BCUT2D eigenvalue weighted by Gasteiger charge is 2.29. The lowest BCUT2D eigenvalue weighted by Crippen LogP contribution is -2.45. The summed E-state index contributed by atoms with van der Waals surface area (Å²) in [7, 11) is 0. The molecule has 0 saturated carbocycles. The standard InChI is InChI=1S/C14H16N2O3S/c17-9-10-4-1-2-6-16(10)14(18)11-8-12(19-15-11)13-5-3-7-20-13/h3,5,7-8,10,17H,1-2,4,6,9H2. The second kappa shape index (κ2) is 5.76. The van der Waals surface area contributed by atoms with Crippen molar-refractivity contribution in [2.75, 3.05) is 13.2 Å². The van der Waals surface area contributed by atoms with Crippen molar-refractivity contribution < 1.29 is 14.4 Å². The van der Waals surface area contributed by atoms with Gasteiger partial charge in [0, 0.05) is 12.6 Å². The number of aliphatic hydroxyl groups is 1. The summed E-state index contributed by atoms with van der Waals surface area (Å²) in [6, 6.07) is 5.43. The van der Waals surface area contributed by atoms with E-state index in [-0.39, 0.29) is 18.6 Å². The molecule has 1 atom stereocenters. The number of hydrogen-bond donors (Lipinski definition) is 1. The molecule has 3 heterocycles. The van der Waals surface area contributed by atoms with E-state index in [2.05, 4.69) is 5.16 Å². The minimum Gasteiger partial charge on any atom is -0.394 e. The Labute approximate surface area is 120 Å². The van der Waals surface area contributed by atoms with Crippen LogP contribution in [0.5, 0.6) is 0 Å². The van der Waals surface area contributed by atoms with Crippen molar-refractivity contribution in [1.29, 1.82) is 0 Å². The molecule has 1 amide bonds. The van der Waals surface area contributed by atoms with E-state index in [1.807, 2.05) is 17.5 Å². The zero-order chi connectivity index (χ0) is 13.9. The maximum absolute atomic E-state index is 12.4. The third kappa shape index (κ3) is 2.48. The van der Waals surface area contributed by atoms with Crippen molar-refractivity contribution in [1.82, 2.24) is 10.1 Å². The number of likely N-dealkylation sites (tertiary alicyclic amines) is 1. The molecule has 5 nitrogen and oxygen atoms in total.